The molecule has 1 aliphatic heterocycles. The van der Waals surface area contributed by atoms with E-state index in [9.17, 15) is 14.0 Å². The first-order valence-corrected chi connectivity index (χ1v) is 8.67. The number of benzene rings is 1. The van der Waals surface area contributed by atoms with E-state index < -0.39 is 5.82 Å². The van der Waals surface area contributed by atoms with Gasteiger partial charge in [-0.05, 0) is 43.9 Å². The van der Waals surface area contributed by atoms with Crippen molar-refractivity contribution < 1.29 is 14.0 Å². The molecule has 130 valence electrons. The van der Waals surface area contributed by atoms with Crippen LogP contribution in [0.25, 0.3) is 0 Å². The second-order valence-electron chi connectivity index (χ2n) is 6.58. The van der Waals surface area contributed by atoms with Crippen LogP contribution < -0.4 is 5.32 Å². The van der Waals surface area contributed by atoms with Crippen molar-refractivity contribution in [1.29, 1.82) is 0 Å². The second kappa shape index (κ2) is 7.75. The molecule has 2 fully saturated rings. The summed E-state index contributed by atoms with van der Waals surface area (Å²) in [6, 6.07) is 6.04. The van der Waals surface area contributed by atoms with Gasteiger partial charge >= 0.3 is 0 Å². The number of halogens is 1. The third-order valence-electron chi connectivity index (χ3n) is 4.65. The number of nitrogens with zero attached hydrogens (tertiary/aromatic N) is 2. The first-order chi connectivity index (χ1) is 11.6. The lowest BCUT2D eigenvalue weighted by atomic mass is 10.2. The Morgan fingerprint density at radius 2 is 1.79 bits per heavy atom. The molecule has 1 aromatic rings. The van der Waals surface area contributed by atoms with Crippen molar-refractivity contribution in [2.75, 3.05) is 39.3 Å². The van der Waals surface area contributed by atoms with Crippen molar-refractivity contribution in [3.8, 4) is 0 Å². The lowest BCUT2D eigenvalue weighted by Crippen LogP contribution is -2.41. The van der Waals surface area contributed by atoms with Gasteiger partial charge in [-0.15, -0.1) is 0 Å². The molecule has 1 heterocycles. The maximum Gasteiger partial charge on any atom is 0.256 e. The fraction of sp³-hybridized carbons (Fsp3) is 0.556. The van der Waals surface area contributed by atoms with Gasteiger partial charge in [0.05, 0.1) is 12.1 Å². The highest BCUT2D eigenvalue weighted by atomic mass is 19.1. The minimum atomic E-state index is -0.496. The molecular formula is C18H24FN3O2. The average Bonchev–Trinajstić information content (AvgIpc) is 3.41. The molecule has 1 aromatic carbocycles. The van der Waals surface area contributed by atoms with Crippen LogP contribution in [0, 0.1) is 11.7 Å². The van der Waals surface area contributed by atoms with E-state index in [1.165, 1.54) is 25.0 Å². The third kappa shape index (κ3) is 4.32. The number of amides is 2. The number of hydrogen-bond donors (Lipinski definition) is 1. The van der Waals surface area contributed by atoms with Crippen LogP contribution in [0.2, 0.25) is 0 Å². The Hall–Kier alpha value is -1.95. The summed E-state index contributed by atoms with van der Waals surface area (Å²) in [5.41, 5.74) is 0.100. The quantitative estimate of drug-likeness (QED) is 0.888. The SMILES string of the molecule is O=C(CNCC1CC1)N1CCCN(C(=O)c2ccccc2F)CC1. The van der Waals surface area contributed by atoms with E-state index in [1.54, 1.807) is 21.9 Å². The summed E-state index contributed by atoms with van der Waals surface area (Å²) in [4.78, 5) is 28.2. The van der Waals surface area contributed by atoms with Crippen molar-refractivity contribution in [1.82, 2.24) is 15.1 Å². The molecule has 0 spiro atoms. The van der Waals surface area contributed by atoms with Crippen molar-refractivity contribution in [3.63, 3.8) is 0 Å². The molecule has 6 heteroatoms. The number of carbonyl (C=O) groups is 2. The maximum atomic E-state index is 13.8. The van der Waals surface area contributed by atoms with Crippen LogP contribution in [0.3, 0.4) is 0 Å². The van der Waals surface area contributed by atoms with E-state index in [4.69, 9.17) is 0 Å². The fourth-order valence-corrected chi connectivity index (χ4v) is 2.99. The van der Waals surface area contributed by atoms with Gasteiger partial charge in [0.1, 0.15) is 5.82 Å². The molecule has 1 saturated carbocycles. The van der Waals surface area contributed by atoms with Gasteiger partial charge in [0.25, 0.3) is 5.91 Å². The summed E-state index contributed by atoms with van der Waals surface area (Å²) >= 11 is 0. The number of carbonyl (C=O) groups excluding carboxylic acids is 2. The van der Waals surface area contributed by atoms with Gasteiger partial charge in [-0.1, -0.05) is 12.1 Å². The van der Waals surface area contributed by atoms with Crippen molar-refractivity contribution in [2.45, 2.75) is 19.3 Å². The normalized spacial score (nSPS) is 18.4. The lowest BCUT2D eigenvalue weighted by molar-refractivity contribution is -0.130. The molecule has 0 atom stereocenters. The molecule has 0 unspecified atom stereocenters. The van der Waals surface area contributed by atoms with Crippen LogP contribution in [0.15, 0.2) is 24.3 Å². The molecule has 1 aliphatic carbocycles. The topological polar surface area (TPSA) is 52.7 Å². The molecule has 2 aliphatic rings. The van der Waals surface area contributed by atoms with Gasteiger partial charge < -0.3 is 15.1 Å². The summed E-state index contributed by atoms with van der Waals surface area (Å²) in [6.45, 7) is 3.42. The highest BCUT2D eigenvalue weighted by Crippen LogP contribution is 2.27. The minimum absolute atomic E-state index is 0.0795. The van der Waals surface area contributed by atoms with E-state index in [-0.39, 0.29) is 17.4 Å². The second-order valence-corrected chi connectivity index (χ2v) is 6.58. The van der Waals surface area contributed by atoms with Crippen molar-refractivity contribution in [3.05, 3.63) is 35.6 Å². The smallest absolute Gasteiger partial charge is 0.256 e. The summed E-state index contributed by atoms with van der Waals surface area (Å²) < 4.78 is 13.8. The Bertz CT molecular complexity index is 604. The largest absolute Gasteiger partial charge is 0.340 e. The first kappa shape index (κ1) is 16.9. The first-order valence-electron chi connectivity index (χ1n) is 8.67. The lowest BCUT2D eigenvalue weighted by Gasteiger charge is -2.22. The van der Waals surface area contributed by atoms with Crippen LogP contribution >= 0.6 is 0 Å². The third-order valence-corrected chi connectivity index (χ3v) is 4.65. The van der Waals surface area contributed by atoms with Gasteiger partial charge in [-0.3, -0.25) is 9.59 Å². The zero-order chi connectivity index (χ0) is 16.9. The van der Waals surface area contributed by atoms with Gasteiger partial charge in [0.15, 0.2) is 0 Å². The molecule has 0 bridgehead atoms. The van der Waals surface area contributed by atoms with Gasteiger partial charge in [-0.25, -0.2) is 4.39 Å². The maximum absolute atomic E-state index is 13.8. The van der Waals surface area contributed by atoms with Gasteiger partial charge in [0.2, 0.25) is 5.91 Å². The van der Waals surface area contributed by atoms with Crippen LogP contribution in [0.4, 0.5) is 4.39 Å². The van der Waals surface area contributed by atoms with Crippen LogP contribution in [-0.2, 0) is 4.79 Å². The predicted octanol–water partition coefficient (Wildman–Crippen LogP) is 1.50. The summed E-state index contributed by atoms with van der Waals surface area (Å²) in [7, 11) is 0. The summed E-state index contributed by atoms with van der Waals surface area (Å²) in [6.07, 6.45) is 3.24. The van der Waals surface area contributed by atoms with E-state index in [0.29, 0.717) is 39.1 Å². The zero-order valence-electron chi connectivity index (χ0n) is 13.8. The van der Waals surface area contributed by atoms with Crippen molar-refractivity contribution >= 4 is 11.8 Å². The molecule has 1 saturated heterocycles. The fourth-order valence-electron chi connectivity index (χ4n) is 2.99. The van der Waals surface area contributed by atoms with Crippen LogP contribution in [0.1, 0.15) is 29.6 Å². The Labute approximate surface area is 141 Å². The molecular weight excluding hydrogens is 309 g/mol. The van der Waals surface area contributed by atoms with Crippen LogP contribution in [-0.4, -0.2) is 60.9 Å². The molecule has 0 radical (unpaired) electrons. The highest BCUT2D eigenvalue weighted by molar-refractivity contribution is 5.94. The van der Waals surface area contributed by atoms with E-state index in [0.717, 1.165) is 12.5 Å². The molecule has 5 nitrogen and oxygen atoms in total. The standard InChI is InChI=1S/C18H24FN3O2/c19-16-5-2-1-4-15(16)18(24)22-9-3-8-21(10-11-22)17(23)13-20-12-14-6-7-14/h1-2,4-5,14,20H,3,6-13H2. The Balaban J connectivity index is 1.51. The molecule has 3 rings (SSSR count). The molecule has 24 heavy (non-hydrogen) atoms. The van der Waals surface area contributed by atoms with E-state index >= 15 is 0 Å². The van der Waals surface area contributed by atoms with E-state index in [1.807, 2.05) is 0 Å². The predicted molar refractivity (Wildman–Crippen MR) is 89.1 cm³/mol. The van der Waals surface area contributed by atoms with Gasteiger partial charge in [0, 0.05) is 26.2 Å². The molecule has 1 N–H and O–H groups in total. The Morgan fingerprint density at radius 3 is 2.54 bits per heavy atom. The summed E-state index contributed by atoms with van der Waals surface area (Å²) in [5.74, 6) is 0.0323. The van der Waals surface area contributed by atoms with E-state index in [2.05, 4.69) is 5.32 Å². The zero-order valence-corrected chi connectivity index (χ0v) is 13.8. The number of hydrogen-bond acceptors (Lipinski definition) is 3. The van der Waals surface area contributed by atoms with Crippen molar-refractivity contribution in [2.24, 2.45) is 5.92 Å². The molecule has 2 amide bonds. The molecule has 0 aromatic heterocycles. The highest BCUT2D eigenvalue weighted by Gasteiger charge is 2.25. The van der Waals surface area contributed by atoms with Crippen LogP contribution in [0.5, 0.6) is 0 Å². The minimum Gasteiger partial charge on any atom is -0.340 e. The van der Waals surface area contributed by atoms with Gasteiger partial charge in [-0.2, -0.15) is 0 Å². The summed E-state index contributed by atoms with van der Waals surface area (Å²) in [5, 5.41) is 3.21. The Kier molecular flexibility index (Phi) is 5.45. The monoisotopic (exact) mass is 333 g/mol. The average molecular weight is 333 g/mol. The Morgan fingerprint density at radius 1 is 1.08 bits per heavy atom. The number of nitrogens with one attached hydrogen (secondary N) is 1. The number of rotatable bonds is 5.